The lowest BCUT2D eigenvalue weighted by molar-refractivity contribution is 0.00246. The molecule has 212 valence electrons. The number of nitrogens with one attached hydrogen (secondary N) is 2. The number of aromatic amines is 1. The summed E-state index contributed by atoms with van der Waals surface area (Å²) < 4.78 is 43.7. The third-order valence-corrected chi connectivity index (χ3v) is 6.66. The maximum atomic E-state index is 15.0. The SMILES string of the molecule is CC(N)=NCCCNCc1ccc(-n2cc3cc(-c4cc(CCC(F)(F)CN)cc(Cl)c4F)[nH]c3nc2=O)cc1. The molecule has 0 saturated heterocycles. The van der Waals surface area contributed by atoms with Crippen LogP contribution >= 0.6 is 11.6 Å². The first-order chi connectivity index (χ1) is 19.1. The summed E-state index contributed by atoms with van der Waals surface area (Å²) in [6, 6.07) is 11.9. The van der Waals surface area contributed by atoms with Gasteiger partial charge in [-0.2, -0.15) is 4.98 Å². The molecular weight excluding hydrogens is 543 g/mol. The fraction of sp³-hybridized carbons (Fsp3) is 0.321. The van der Waals surface area contributed by atoms with Crippen LogP contribution in [0.4, 0.5) is 13.2 Å². The van der Waals surface area contributed by atoms with E-state index < -0.39 is 30.4 Å². The summed E-state index contributed by atoms with van der Waals surface area (Å²) in [5.74, 6) is -3.16. The van der Waals surface area contributed by atoms with Gasteiger partial charge in [-0.05, 0) is 67.8 Å². The number of amidine groups is 1. The molecule has 2 aromatic carbocycles. The summed E-state index contributed by atoms with van der Waals surface area (Å²) in [6.45, 7) is 3.12. The zero-order valence-electron chi connectivity index (χ0n) is 22.0. The number of rotatable bonds is 12. The third kappa shape index (κ3) is 7.29. The van der Waals surface area contributed by atoms with Crippen LogP contribution < -0.4 is 22.5 Å². The fourth-order valence-electron chi connectivity index (χ4n) is 4.21. The summed E-state index contributed by atoms with van der Waals surface area (Å²) in [5.41, 5.74) is 12.9. The van der Waals surface area contributed by atoms with Gasteiger partial charge < -0.3 is 21.8 Å². The highest BCUT2D eigenvalue weighted by Crippen LogP contribution is 2.32. The molecule has 2 aromatic heterocycles. The summed E-state index contributed by atoms with van der Waals surface area (Å²) in [7, 11) is 0. The number of nitrogens with two attached hydrogens (primary N) is 2. The van der Waals surface area contributed by atoms with Gasteiger partial charge in [-0.15, -0.1) is 0 Å². The van der Waals surface area contributed by atoms with Gasteiger partial charge in [-0.25, -0.2) is 18.0 Å². The first kappa shape index (κ1) is 29.3. The number of nitrogens with zero attached hydrogens (tertiary/aromatic N) is 3. The van der Waals surface area contributed by atoms with E-state index >= 15 is 0 Å². The van der Waals surface area contributed by atoms with Crippen LogP contribution in [0.3, 0.4) is 0 Å². The van der Waals surface area contributed by atoms with Crippen LogP contribution in [0.15, 0.2) is 58.4 Å². The highest BCUT2D eigenvalue weighted by Gasteiger charge is 2.26. The van der Waals surface area contributed by atoms with Crippen molar-refractivity contribution < 1.29 is 13.2 Å². The van der Waals surface area contributed by atoms with Crippen molar-refractivity contribution in [2.45, 2.75) is 38.7 Å². The molecule has 0 aliphatic heterocycles. The molecule has 4 aromatic rings. The van der Waals surface area contributed by atoms with Gasteiger partial charge in [0.2, 0.25) is 0 Å². The first-order valence-corrected chi connectivity index (χ1v) is 13.2. The van der Waals surface area contributed by atoms with E-state index in [0.717, 1.165) is 18.5 Å². The molecule has 0 atom stereocenters. The van der Waals surface area contributed by atoms with Gasteiger partial charge >= 0.3 is 5.69 Å². The standard InChI is InChI=1S/C28H31ClF3N7O/c1-17(34)36-10-2-9-35-14-18-3-5-21(6-4-18)39-15-20-13-24(37-26(20)38-27(39)40)22-11-19(12-23(29)25(22)30)7-8-28(31,32)16-33/h3-6,11-13,15,35H,2,7-10,14,16,33H2,1H3,(H2,34,36)(H,37,38,40). The molecule has 0 fully saturated rings. The average molecular weight is 574 g/mol. The molecule has 0 aliphatic carbocycles. The van der Waals surface area contributed by atoms with Crippen molar-refractivity contribution in [2.75, 3.05) is 19.6 Å². The van der Waals surface area contributed by atoms with Crippen molar-refractivity contribution in [3.05, 3.63) is 81.1 Å². The lowest BCUT2D eigenvalue weighted by atomic mass is 10.0. The number of hydrogen-bond donors (Lipinski definition) is 4. The second-order valence-corrected chi connectivity index (χ2v) is 10.0. The number of fused-ring (bicyclic) bond motifs is 1. The number of aryl methyl sites for hydroxylation is 1. The summed E-state index contributed by atoms with van der Waals surface area (Å²) in [6.07, 6.45) is 1.96. The topological polar surface area (TPSA) is 127 Å². The Kier molecular flexibility index (Phi) is 9.28. The Labute approximate surface area is 234 Å². The quantitative estimate of drug-likeness (QED) is 0.112. The van der Waals surface area contributed by atoms with E-state index in [9.17, 15) is 18.0 Å². The summed E-state index contributed by atoms with van der Waals surface area (Å²) in [4.78, 5) is 24.0. The van der Waals surface area contributed by atoms with Crippen LogP contribution in [0.2, 0.25) is 5.02 Å². The predicted molar refractivity (Wildman–Crippen MR) is 153 cm³/mol. The molecule has 8 nitrogen and oxygen atoms in total. The number of benzene rings is 2. The average Bonchev–Trinajstić information content (AvgIpc) is 3.33. The van der Waals surface area contributed by atoms with Crippen LogP contribution in [-0.4, -0.2) is 45.9 Å². The van der Waals surface area contributed by atoms with Gasteiger partial charge in [0.15, 0.2) is 5.82 Å². The number of aliphatic imine (C=N–C) groups is 1. The molecule has 0 bridgehead atoms. The Morgan fingerprint density at radius 3 is 2.65 bits per heavy atom. The maximum Gasteiger partial charge on any atom is 0.354 e. The highest BCUT2D eigenvalue weighted by molar-refractivity contribution is 6.31. The van der Waals surface area contributed by atoms with Crippen molar-refractivity contribution in [3.63, 3.8) is 0 Å². The van der Waals surface area contributed by atoms with E-state index in [0.29, 0.717) is 41.3 Å². The molecule has 0 amide bonds. The lowest BCUT2D eigenvalue weighted by Crippen LogP contribution is -2.28. The van der Waals surface area contributed by atoms with Gasteiger partial charge in [0, 0.05) is 36.7 Å². The minimum absolute atomic E-state index is 0.0333. The highest BCUT2D eigenvalue weighted by atomic mass is 35.5. The second-order valence-electron chi connectivity index (χ2n) is 9.60. The molecule has 6 N–H and O–H groups in total. The minimum atomic E-state index is -3.03. The Morgan fingerprint density at radius 1 is 1.20 bits per heavy atom. The Morgan fingerprint density at radius 2 is 1.95 bits per heavy atom. The molecule has 40 heavy (non-hydrogen) atoms. The Balaban J connectivity index is 1.52. The summed E-state index contributed by atoms with van der Waals surface area (Å²) >= 11 is 6.08. The van der Waals surface area contributed by atoms with Crippen molar-refractivity contribution in [2.24, 2.45) is 16.5 Å². The van der Waals surface area contributed by atoms with Gasteiger partial charge in [0.05, 0.1) is 28.8 Å². The van der Waals surface area contributed by atoms with Crippen LogP contribution in [0.1, 0.15) is 30.9 Å². The van der Waals surface area contributed by atoms with Gasteiger partial charge in [-0.1, -0.05) is 23.7 Å². The van der Waals surface area contributed by atoms with Gasteiger partial charge in [0.25, 0.3) is 5.92 Å². The molecule has 0 saturated carbocycles. The Bertz CT molecular complexity index is 1560. The summed E-state index contributed by atoms with van der Waals surface area (Å²) in [5, 5.41) is 3.71. The molecule has 4 rings (SSSR count). The monoisotopic (exact) mass is 573 g/mol. The van der Waals surface area contributed by atoms with E-state index in [-0.39, 0.29) is 22.7 Å². The normalized spacial score (nSPS) is 12.4. The lowest BCUT2D eigenvalue weighted by Gasteiger charge is -2.14. The molecule has 0 unspecified atom stereocenters. The second kappa shape index (κ2) is 12.7. The first-order valence-electron chi connectivity index (χ1n) is 12.8. The van der Waals surface area contributed by atoms with Crippen molar-refractivity contribution in [1.82, 2.24) is 19.9 Å². The number of alkyl halides is 2. The van der Waals surface area contributed by atoms with Crippen LogP contribution in [0.25, 0.3) is 28.0 Å². The van der Waals surface area contributed by atoms with Gasteiger partial charge in [0.1, 0.15) is 5.65 Å². The smallest absolute Gasteiger partial charge is 0.354 e. The largest absolute Gasteiger partial charge is 0.388 e. The van der Waals surface area contributed by atoms with Gasteiger partial charge in [-0.3, -0.25) is 9.56 Å². The van der Waals surface area contributed by atoms with Crippen molar-refractivity contribution in [3.8, 4) is 16.9 Å². The molecule has 0 spiro atoms. The van der Waals surface area contributed by atoms with E-state index in [1.807, 2.05) is 24.3 Å². The minimum Gasteiger partial charge on any atom is -0.388 e. The van der Waals surface area contributed by atoms with E-state index in [4.69, 9.17) is 23.1 Å². The predicted octanol–water partition coefficient (Wildman–Crippen LogP) is 4.56. The number of aromatic nitrogens is 3. The number of H-pyrrole nitrogens is 1. The van der Waals surface area contributed by atoms with E-state index in [1.54, 1.807) is 19.2 Å². The number of hydrogen-bond acceptors (Lipinski definition) is 5. The molecule has 0 aliphatic rings. The van der Waals surface area contributed by atoms with Crippen LogP contribution in [-0.2, 0) is 13.0 Å². The van der Waals surface area contributed by atoms with Crippen LogP contribution in [0.5, 0.6) is 0 Å². The third-order valence-electron chi connectivity index (χ3n) is 6.38. The molecule has 12 heteroatoms. The zero-order chi connectivity index (χ0) is 28.9. The van der Waals surface area contributed by atoms with Crippen molar-refractivity contribution >= 4 is 28.5 Å². The van der Waals surface area contributed by atoms with E-state index in [1.165, 1.54) is 16.7 Å². The molecule has 0 radical (unpaired) electrons. The maximum absolute atomic E-state index is 15.0. The van der Waals surface area contributed by atoms with Crippen LogP contribution in [0, 0.1) is 5.82 Å². The Hall–Kier alpha value is -3.67. The fourth-order valence-corrected chi connectivity index (χ4v) is 4.45. The molecule has 2 heterocycles. The number of halogens is 4. The zero-order valence-corrected chi connectivity index (χ0v) is 22.7. The van der Waals surface area contributed by atoms with Crippen molar-refractivity contribution in [1.29, 1.82) is 0 Å². The molecular formula is C28H31ClF3N7O. The van der Waals surface area contributed by atoms with E-state index in [2.05, 4.69) is 20.3 Å².